The van der Waals surface area contributed by atoms with Gasteiger partial charge in [-0.05, 0) is 6.42 Å². The lowest BCUT2D eigenvalue weighted by atomic mass is 9.96. The van der Waals surface area contributed by atoms with Crippen LogP contribution in [0.5, 0.6) is 0 Å². The van der Waals surface area contributed by atoms with Crippen LogP contribution in [0.15, 0.2) is 0 Å². The maximum absolute atomic E-state index is 12.7. The van der Waals surface area contributed by atoms with Crippen LogP contribution in [0.3, 0.4) is 0 Å². The van der Waals surface area contributed by atoms with Gasteiger partial charge in [0.15, 0.2) is 0 Å². The zero-order valence-electron chi connectivity index (χ0n) is 11.7. The zero-order chi connectivity index (χ0) is 15.1. The van der Waals surface area contributed by atoms with Crippen LogP contribution in [-0.2, 0) is 9.59 Å². The molecule has 0 radical (unpaired) electrons. The van der Waals surface area contributed by atoms with Gasteiger partial charge < -0.3 is 16.4 Å². The van der Waals surface area contributed by atoms with Crippen LogP contribution >= 0.6 is 0 Å². The number of hydrogen-bond donors (Lipinski definition) is 3. The van der Waals surface area contributed by atoms with Crippen LogP contribution in [-0.4, -0.2) is 37.4 Å². The number of halogens is 2. The van der Waals surface area contributed by atoms with Crippen LogP contribution in [0.2, 0.25) is 0 Å². The summed E-state index contributed by atoms with van der Waals surface area (Å²) in [7, 11) is 0. The molecule has 0 saturated carbocycles. The summed E-state index contributed by atoms with van der Waals surface area (Å²) in [5, 5.41) is 4.78. The summed E-state index contributed by atoms with van der Waals surface area (Å²) in [6, 6.07) is 0. The number of carbonyl (C=O) groups is 2. The molecule has 19 heavy (non-hydrogen) atoms. The summed E-state index contributed by atoms with van der Waals surface area (Å²) in [6.45, 7) is 4.14. The second-order valence-electron chi connectivity index (χ2n) is 5.45. The van der Waals surface area contributed by atoms with Crippen LogP contribution < -0.4 is 16.4 Å². The molecule has 0 aliphatic carbocycles. The van der Waals surface area contributed by atoms with Crippen molar-refractivity contribution >= 4 is 11.8 Å². The molecule has 0 aliphatic heterocycles. The first-order chi connectivity index (χ1) is 8.58. The number of nitrogens with one attached hydrogen (secondary N) is 2. The molecule has 0 bridgehead atoms. The minimum absolute atomic E-state index is 0.0884. The molecule has 0 fully saturated rings. The van der Waals surface area contributed by atoms with Crippen molar-refractivity contribution in [3.63, 3.8) is 0 Å². The van der Waals surface area contributed by atoms with Gasteiger partial charge in [-0.2, -0.15) is 0 Å². The Bertz CT molecular complexity index is 315. The molecule has 2 amide bonds. The average molecular weight is 279 g/mol. The summed E-state index contributed by atoms with van der Waals surface area (Å²) in [6.07, 6.45) is 0.493. The van der Waals surface area contributed by atoms with E-state index >= 15 is 0 Å². The highest BCUT2D eigenvalue weighted by Gasteiger charge is 2.27. The van der Waals surface area contributed by atoms with E-state index in [-0.39, 0.29) is 12.3 Å². The van der Waals surface area contributed by atoms with Crippen molar-refractivity contribution in [2.24, 2.45) is 11.1 Å². The highest BCUT2D eigenvalue weighted by atomic mass is 19.3. The summed E-state index contributed by atoms with van der Waals surface area (Å²) in [4.78, 5) is 22.7. The third-order valence-corrected chi connectivity index (χ3v) is 2.39. The Kier molecular flexibility index (Phi) is 6.89. The molecular weight excluding hydrogens is 256 g/mol. The van der Waals surface area contributed by atoms with E-state index in [9.17, 15) is 18.4 Å². The smallest absolute Gasteiger partial charge is 0.277 e. The van der Waals surface area contributed by atoms with Crippen molar-refractivity contribution in [3.8, 4) is 0 Å². The van der Waals surface area contributed by atoms with Crippen molar-refractivity contribution in [1.82, 2.24) is 10.6 Å². The summed E-state index contributed by atoms with van der Waals surface area (Å²) < 4.78 is 25.5. The fourth-order valence-electron chi connectivity index (χ4n) is 1.10. The number of nitrogens with two attached hydrogens (primary N) is 1. The SMILES string of the molecule is CC(C)(C)C(=O)NCCCC(=O)NCC(F)(F)CN. The first-order valence-corrected chi connectivity index (χ1v) is 6.21. The quantitative estimate of drug-likeness (QED) is 0.598. The summed E-state index contributed by atoms with van der Waals surface area (Å²) >= 11 is 0. The lowest BCUT2D eigenvalue weighted by Crippen LogP contribution is -2.41. The molecule has 0 heterocycles. The van der Waals surface area contributed by atoms with Crippen LogP contribution in [0, 0.1) is 5.41 Å². The normalized spacial score (nSPS) is 12.1. The average Bonchev–Trinajstić information content (AvgIpc) is 2.30. The van der Waals surface area contributed by atoms with Gasteiger partial charge in [0.1, 0.15) is 0 Å². The van der Waals surface area contributed by atoms with Crippen LogP contribution in [0.4, 0.5) is 8.78 Å². The second-order valence-corrected chi connectivity index (χ2v) is 5.45. The molecule has 5 nitrogen and oxygen atoms in total. The minimum atomic E-state index is -3.07. The molecular formula is C12H23F2N3O2. The van der Waals surface area contributed by atoms with E-state index in [2.05, 4.69) is 10.6 Å². The predicted octanol–water partition coefficient (Wildman–Crippen LogP) is 0.639. The van der Waals surface area contributed by atoms with Gasteiger partial charge in [-0.25, -0.2) is 8.78 Å². The topological polar surface area (TPSA) is 84.2 Å². The molecule has 0 rings (SSSR count). The molecule has 0 aromatic carbocycles. The third kappa shape index (κ3) is 8.47. The molecule has 0 unspecified atom stereocenters. The summed E-state index contributed by atoms with van der Waals surface area (Å²) in [5.41, 5.74) is 4.36. The number of amides is 2. The fourth-order valence-corrected chi connectivity index (χ4v) is 1.10. The minimum Gasteiger partial charge on any atom is -0.356 e. The number of alkyl halides is 2. The molecule has 4 N–H and O–H groups in total. The lowest BCUT2D eigenvalue weighted by Gasteiger charge is -2.17. The van der Waals surface area contributed by atoms with Crippen molar-refractivity contribution in [2.75, 3.05) is 19.6 Å². The van der Waals surface area contributed by atoms with Crippen LogP contribution in [0.1, 0.15) is 33.6 Å². The van der Waals surface area contributed by atoms with Gasteiger partial charge in [0.25, 0.3) is 5.92 Å². The first-order valence-electron chi connectivity index (χ1n) is 6.21. The Balaban J connectivity index is 3.74. The predicted molar refractivity (Wildman–Crippen MR) is 68.7 cm³/mol. The van der Waals surface area contributed by atoms with E-state index in [0.29, 0.717) is 13.0 Å². The van der Waals surface area contributed by atoms with E-state index in [4.69, 9.17) is 5.73 Å². The molecule has 112 valence electrons. The van der Waals surface area contributed by atoms with Gasteiger partial charge >= 0.3 is 0 Å². The molecule has 0 aromatic heterocycles. The van der Waals surface area contributed by atoms with E-state index in [0.717, 1.165) is 0 Å². The highest BCUT2D eigenvalue weighted by molar-refractivity contribution is 5.81. The Hall–Kier alpha value is -1.24. The van der Waals surface area contributed by atoms with Gasteiger partial charge in [-0.3, -0.25) is 9.59 Å². The van der Waals surface area contributed by atoms with Crippen molar-refractivity contribution < 1.29 is 18.4 Å². The van der Waals surface area contributed by atoms with Crippen molar-refractivity contribution in [3.05, 3.63) is 0 Å². The van der Waals surface area contributed by atoms with E-state index < -0.39 is 30.3 Å². The third-order valence-electron chi connectivity index (χ3n) is 2.39. The largest absolute Gasteiger partial charge is 0.356 e. The Morgan fingerprint density at radius 2 is 1.74 bits per heavy atom. The maximum atomic E-state index is 12.7. The van der Waals surface area contributed by atoms with Crippen molar-refractivity contribution in [2.45, 2.75) is 39.5 Å². The Morgan fingerprint density at radius 1 is 1.16 bits per heavy atom. The maximum Gasteiger partial charge on any atom is 0.277 e. The van der Waals surface area contributed by atoms with Gasteiger partial charge in [0, 0.05) is 18.4 Å². The zero-order valence-corrected chi connectivity index (χ0v) is 11.7. The second kappa shape index (κ2) is 7.37. The molecule has 0 spiro atoms. The molecule has 0 aromatic rings. The van der Waals surface area contributed by atoms with Gasteiger partial charge in [0.2, 0.25) is 11.8 Å². The van der Waals surface area contributed by atoms with E-state index in [1.807, 2.05) is 0 Å². The molecule has 0 aliphatic rings. The molecule has 0 saturated heterocycles. The van der Waals surface area contributed by atoms with E-state index in [1.54, 1.807) is 20.8 Å². The number of hydrogen-bond acceptors (Lipinski definition) is 3. The van der Waals surface area contributed by atoms with Gasteiger partial charge in [0.05, 0.1) is 13.1 Å². The molecule has 7 heteroatoms. The van der Waals surface area contributed by atoms with Crippen LogP contribution in [0.25, 0.3) is 0 Å². The van der Waals surface area contributed by atoms with Crippen molar-refractivity contribution in [1.29, 1.82) is 0 Å². The lowest BCUT2D eigenvalue weighted by molar-refractivity contribution is -0.128. The van der Waals surface area contributed by atoms with Gasteiger partial charge in [-0.15, -0.1) is 0 Å². The first kappa shape index (κ1) is 17.8. The standard InChI is InChI=1S/C12H23F2N3O2/c1-11(2,3)10(19)16-6-4-5-9(18)17-8-12(13,14)7-15/h4-8,15H2,1-3H3,(H,16,19)(H,17,18). The molecule has 0 atom stereocenters. The highest BCUT2D eigenvalue weighted by Crippen LogP contribution is 2.12. The van der Waals surface area contributed by atoms with E-state index in [1.165, 1.54) is 0 Å². The Labute approximate surface area is 112 Å². The Morgan fingerprint density at radius 3 is 2.21 bits per heavy atom. The number of rotatable bonds is 7. The summed E-state index contributed by atoms with van der Waals surface area (Å²) in [5.74, 6) is -3.66. The van der Waals surface area contributed by atoms with Gasteiger partial charge in [-0.1, -0.05) is 20.8 Å². The monoisotopic (exact) mass is 279 g/mol. The number of carbonyl (C=O) groups excluding carboxylic acids is 2. The fraction of sp³-hybridized carbons (Fsp3) is 0.833.